The number of rotatable bonds is 13. The number of hydrogen-bond acceptors (Lipinski definition) is 5. The molecule has 1 aromatic rings. The van der Waals surface area contributed by atoms with Crippen LogP contribution in [0.2, 0.25) is 0 Å². The number of nitrogens with zero attached hydrogens (tertiary/aromatic N) is 1. The first-order valence-corrected chi connectivity index (χ1v) is 8.81. The lowest BCUT2D eigenvalue weighted by atomic mass is 10.2. The third-order valence-corrected chi connectivity index (χ3v) is 3.40. The minimum absolute atomic E-state index is 0.00799. The number of benzene rings is 1. The van der Waals surface area contributed by atoms with Crippen LogP contribution in [-0.2, 0) is 16.0 Å². The van der Waals surface area contributed by atoms with Crippen molar-refractivity contribution < 1.29 is 27.7 Å². The van der Waals surface area contributed by atoms with Gasteiger partial charge in [0, 0.05) is 26.8 Å². The van der Waals surface area contributed by atoms with Gasteiger partial charge in [0.2, 0.25) is 0 Å². The fraction of sp³-hybridized carbons (Fsp3) is 0.611. The Balaban J connectivity index is 2.56. The van der Waals surface area contributed by atoms with E-state index in [4.69, 9.17) is 14.2 Å². The first kappa shape index (κ1) is 22.9. The first-order valence-electron chi connectivity index (χ1n) is 8.81. The van der Waals surface area contributed by atoms with Crippen LogP contribution in [0, 0.1) is 0 Å². The molecule has 0 atom stereocenters. The number of ether oxygens (including phenoxy) is 4. The molecule has 0 saturated heterocycles. The summed E-state index contributed by atoms with van der Waals surface area (Å²) in [6, 6.07) is 4.84. The van der Waals surface area contributed by atoms with E-state index in [9.17, 15) is 8.78 Å². The maximum atomic E-state index is 12.5. The van der Waals surface area contributed by atoms with E-state index in [1.165, 1.54) is 13.2 Å². The maximum Gasteiger partial charge on any atom is 0.387 e. The Morgan fingerprint density at radius 1 is 1.11 bits per heavy atom. The van der Waals surface area contributed by atoms with Crippen LogP contribution in [0.4, 0.5) is 8.78 Å². The minimum Gasteiger partial charge on any atom is -0.493 e. The average Bonchev–Trinajstić information content (AvgIpc) is 2.65. The predicted molar refractivity (Wildman–Crippen MR) is 99.8 cm³/mol. The lowest BCUT2D eigenvalue weighted by molar-refractivity contribution is -0.0512. The van der Waals surface area contributed by atoms with E-state index in [1.807, 2.05) is 6.92 Å². The molecule has 0 saturated carbocycles. The van der Waals surface area contributed by atoms with E-state index in [-0.39, 0.29) is 11.5 Å². The highest BCUT2D eigenvalue weighted by Gasteiger charge is 2.11. The molecule has 27 heavy (non-hydrogen) atoms. The molecule has 0 radical (unpaired) electrons. The van der Waals surface area contributed by atoms with Gasteiger partial charge in [-0.3, -0.25) is 0 Å². The standard InChI is InChI=1S/C18H29F2N3O4/c1-4-21-18(22-8-5-9-26-11-10-24-2)23-13-14-6-7-15(25-3)16(12-14)27-17(19)20/h6-7,12,17H,4-5,8-11,13H2,1-3H3,(H2,21,22,23). The Labute approximate surface area is 159 Å². The summed E-state index contributed by atoms with van der Waals surface area (Å²) in [5.41, 5.74) is 0.728. The van der Waals surface area contributed by atoms with Crippen molar-refractivity contribution in [2.75, 3.05) is 47.1 Å². The van der Waals surface area contributed by atoms with Crippen LogP contribution < -0.4 is 20.1 Å². The summed E-state index contributed by atoms with van der Waals surface area (Å²) in [7, 11) is 3.03. The molecule has 0 unspecified atom stereocenters. The summed E-state index contributed by atoms with van der Waals surface area (Å²) >= 11 is 0. The summed E-state index contributed by atoms with van der Waals surface area (Å²) in [6.45, 7) is 2.54. The van der Waals surface area contributed by atoms with Crippen molar-refractivity contribution in [2.24, 2.45) is 4.99 Å². The van der Waals surface area contributed by atoms with Crippen molar-refractivity contribution in [2.45, 2.75) is 26.5 Å². The lowest BCUT2D eigenvalue weighted by Crippen LogP contribution is -2.38. The second kappa shape index (κ2) is 14.0. The minimum atomic E-state index is -2.91. The van der Waals surface area contributed by atoms with E-state index < -0.39 is 6.61 Å². The van der Waals surface area contributed by atoms with Crippen molar-refractivity contribution in [1.82, 2.24) is 10.6 Å². The number of aliphatic imine (C=N–C) groups is 1. The second-order valence-electron chi connectivity index (χ2n) is 5.44. The molecule has 0 aromatic heterocycles. The van der Waals surface area contributed by atoms with E-state index in [0.717, 1.165) is 12.0 Å². The van der Waals surface area contributed by atoms with Crippen molar-refractivity contribution >= 4 is 5.96 Å². The average molecular weight is 389 g/mol. The normalized spacial score (nSPS) is 11.6. The quantitative estimate of drug-likeness (QED) is 0.307. The van der Waals surface area contributed by atoms with Crippen molar-refractivity contribution in [3.8, 4) is 11.5 Å². The van der Waals surface area contributed by atoms with Gasteiger partial charge in [-0.05, 0) is 31.0 Å². The summed E-state index contributed by atoms with van der Waals surface area (Å²) in [4.78, 5) is 4.46. The Bertz CT molecular complexity index is 559. The second-order valence-corrected chi connectivity index (χ2v) is 5.44. The van der Waals surface area contributed by atoms with Gasteiger partial charge in [0.05, 0.1) is 26.9 Å². The third kappa shape index (κ3) is 9.95. The van der Waals surface area contributed by atoms with Gasteiger partial charge >= 0.3 is 6.61 Å². The summed E-state index contributed by atoms with van der Waals surface area (Å²) in [6.07, 6.45) is 0.822. The lowest BCUT2D eigenvalue weighted by Gasteiger charge is -2.13. The molecule has 0 amide bonds. The Hall–Kier alpha value is -2.13. The molecule has 0 heterocycles. The molecular formula is C18H29F2N3O4. The number of nitrogens with one attached hydrogen (secondary N) is 2. The highest BCUT2D eigenvalue weighted by molar-refractivity contribution is 5.79. The Morgan fingerprint density at radius 2 is 1.93 bits per heavy atom. The van der Waals surface area contributed by atoms with E-state index >= 15 is 0 Å². The van der Waals surface area contributed by atoms with Crippen LogP contribution in [0.25, 0.3) is 0 Å². The zero-order valence-corrected chi connectivity index (χ0v) is 16.1. The van der Waals surface area contributed by atoms with E-state index in [0.29, 0.717) is 45.4 Å². The monoisotopic (exact) mass is 389 g/mol. The van der Waals surface area contributed by atoms with Crippen LogP contribution in [0.3, 0.4) is 0 Å². The largest absolute Gasteiger partial charge is 0.493 e. The van der Waals surface area contributed by atoms with E-state index in [1.54, 1.807) is 19.2 Å². The van der Waals surface area contributed by atoms with Crippen LogP contribution >= 0.6 is 0 Å². The van der Waals surface area contributed by atoms with Gasteiger partial charge in [-0.15, -0.1) is 0 Å². The topological polar surface area (TPSA) is 73.3 Å². The smallest absolute Gasteiger partial charge is 0.387 e. The highest BCUT2D eigenvalue weighted by Crippen LogP contribution is 2.29. The number of methoxy groups -OCH3 is 2. The van der Waals surface area contributed by atoms with Crippen molar-refractivity contribution in [1.29, 1.82) is 0 Å². The fourth-order valence-electron chi connectivity index (χ4n) is 2.14. The van der Waals surface area contributed by atoms with Gasteiger partial charge in [0.1, 0.15) is 0 Å². The van der Waals surface area contributed by atoms with Gasteiger partial charge in [-0.25, -0.2) is 4.99 Å². The van der Waals surface area contributed by atoms with Crippen molar-refractivity contribution in [3.63, 3.8) is 0 Å². The van der Waals surface area contributed by atoms with Crippen molar-refractivity contribution in [3.05, 3.63) is 23.8 Å². The van der Waals surface area contributed by atoms with E-state index in [2.05, 4.69) is 20.4 Å². The highest BCUT2D eigenvalue weighted by atomic mass is 19.3. The van der Waals surface area contributed by atoms with Gasteiger partial charge in [-0.2, -0.15) is 8.78 Å². The van der Waals surface area contributed by atoms with Gasteiger partial charge in [0.25, 0.3) is 0 Å². The SMILES string of the molecule is CCNC(=NCc1ccc(OC)c(OC(F)F)c1)NCCCOCCOC. The third-order valence-electron chi connectivity index (χ3n) is 3.40. The fourth-order valence-corrected chi connectivity index (χ4v) is 2.14. The number of guanidine groups is 1. The Morgan fingerprint density at radius 3 is 2.59 bits per heavy atom. The van der Waals surface area contributed by atoms with Crippen LogP contribution in [0.5, 0.6) is 11.5 Å². The molecule has 0 aliphatic heterocycles. The molecule has 0 spiro atoms. The van der Waals surface area contributed by atoms with Gasteiger partial charge in [-0.1, -0.05) is 6.07 Å². The van der Waals surface area contributed by atoms with Gasteiger partial charge in [0.15, 0.2) is 17.5 Å². The molecule has 1 rings (SSSR count). The Kier molecular flexibility index (Phi) is 11.9. The zero-order valence-electron chi connectivity index (χ0n) is 16.1. The molecular weight excluding hydrogens is 360 g/mol. The molecule has 0 bridgehead atoms. The summed E-state index contributed by atoms with van der Waals surface area (Å²) in [5, 5.41) is 6.34. The predicted octanol–water partition coefficient (Wildman–Crippen LogP) is 2.40. The molecule has 9 heteroatoms. The van der Waals surface area contributed by atoms with Crippen LogP contribution in [-0.4, -0.2) is 59.7 Å². The molecule has 7 nitrogen and oxygen atoms in total. The molecule has 0 aliphatic rings. The number of halogens is 2. The zero-order chi connectivity index (χ0) is 19.9. The molecule has 0 aliphatic carbocycles. The summed E-state index contributed by atoms with van der Waals surface area (Å²) in [5.74, 6) is 0.884. The summed E-state index contributed by atoms with van der Waals surface area (Å²) < 4.78 is 44.8. The molecule has 0 fully saturated rings. The van der Waals surface area contributed by atoms with Gasteiger partial charge < -0.3 is 29.6 Å². The molecule has 1 aromatic carbocycles. The van der Waals surface area contributed by atoms with Crippen LogP contribution in [0.1, 0.15) is 18.9 Å². The number of alkyl halides is 2. The first-order chi connectivity index (χ1) is 13.1. The molecule has 2 N–H and O–H groups in total. The maximum absolute atomic E-state index is 12.5. The number of hydrogen-bond donors (Lipinski definition) is 2. The molecule has 154 valence electrons. The van der Waals surface area contributed by atoms with Crippen LogP contribution in [0.15, 0.2) is 23.2 Å².